The van der Waals surface area contributed by atoms with Crippen LogP contribution in [0.4, 0.5) is 0 Å². The zero-order valence-corrected chi connectivity index (χ0v) is 11.4. The Kier molecular flexibility index (Phi) is 4.59. The molecule has 0 aliphatic heterocycles. The maximum absolute atomic E-state index is 12.1. The molecule has 4 nitrogen and oxygen atoms in total. The SMILES string of the molecule is O=S(=O)(NC1CCCC1)c1ccc(C#CCO)cc1. The van der Waals surface area contributed by atoms with E-state index in [9.17, 15) is 8.42 Å². The van der Waals surface area contributed by atoms with Crippen molar-refractivity contribution in [1.82, 2.24) is 4.72 Å². The van der Waals surface area contributed by atoms with Gasteiger partial charge in [0.2, 0.25) is 10.0 Å². The summed E-state index contributed by atoms with van der Waals surface area (Å²) in [6.07, 6.45) is 4.00. The minimum absolute atomic E-state index is 0.0684. The highest BCUT2D eigenvalue weighted by atomic mass is 32.2. The second-order valence-electron chi connectivity index (χ2n) is 4.59. The standard InChI is InChI=1S/C14H17NO3S/c16-11-3-4-12-7-9-14(10-8-12)19(17,18)15-13-5-1-2-6-13/h7-10,13,15-16H,1-2,5-6,11H2. The molecule has 1 fully saturated rings. The van der Waals surface area contributed by atoms with Crippen molar-refractivity contribution in [2.75, 3.05) is 6.61 Å². The third-order valence-corrected chi connectivity index (χ3v) is 4.69. The van der Waals surface area contributed by atoms with Crippen LogP contribution in [0.1, 0.15) is 31.2 Å². The normalized spacial score (nSPS) is 16.1. The molecule has 102 valence electrons. The highest BCUT2D eigenvalue weighted by Crippen LogP contribution is 2.20. The van der Waals surface area contributed by atoms with Gasteiger partial charge in [0.15, 0.2) is 0 Å². The second-order valence-corrected chi connectivity index (χ2v) is 6.30. The number of sulfonamides is 1. The van der Waals surface area contributed by atoms with Gasteiger partial charge in [-0.3, -0.25) is 0 Å². The summed E-state index contributed by atoms with van der Waals surface area (Å²) in [5.74, 6) is 5.25. The van der Waals surface area contributed by atoms with Crippen LogP contribution in [0.3, 0.4) is 0 Å². The molecular formula is C14H17NO3S. The topological polar surface area (TPSA) is 66.4 Å². The summed E-state index contributed by atoms with van der Waals surface area (Å²) in [6, 6.07) is 6.44. The molecule has 2 N–H and O–H groups in total. The van der Waals surface area contributed by atoms with Gasteiger partial charge in [0.1, 0.15) is 6.61 Å². The fraction of sp³-hybridized carbons (Fsp3) is 0.429. The molecular weight excluding hydrogens is 262 g/mol. The van der Waals surface area contributed by atoms with Crippen LogP contribution >= 0.6 is 0 Å². The van der Waals surface area contributed by atoms with E-state index in [4.69, 9.17) is 5.11 Å². The number of rotatable bonds is 3. The zero-order chi connectivity index (χ0) is 13.7. The van der Waals surface area contributed by atoms with Gasteiger partial charge in [0.05, 0.1) is 4.90 Å². The zero-order valence-electron chi connectivity index (χ0n) is 10.6. The van der Waals surface area contributed by atoms with E-state index < -0.39 is 10.0 Å². The van der Waals surface area contributed by atoms with Gasteiger partial charge in [0, 0.05) is 11.6 Å². The molecule has 1 saturated carbocycles. The first-order valence-electron chi connectivity index (χ1n) is 6.34. The molecule has 0 bridgehead atoms. The molecule has 1 aliphatic rings. The van der Waals surface area contributed by atoms with Crippen LogP contribution in [0.25, 0.3) is 0 Å². The molecule has 19 heavy (non-hydrogen) atoms. The van der Waals surface area contributed by atoms with Crippen molar-refractivity contribution < 1.29 is 13.5 Å². The van der Waals surface area contributed by atoms with Crippen LogP contribution < -0.4 is 4.72 Å². The van der Waals surface area contributed by atoms with E-state index in [1.54, 1.807) is 24.3 Å². The van der Waals surface area contributed by atoms with E-state index in [0.29, 0.717) is 5.56 Å². The van der Waals surface area contributed by atoms with Gasteiger partial charge in [-0.1, -0.05) is 24.7 Å². The fourth-order valence-corrected chi connectivity index (χ4v) is 3.50. The van der Waals surface area contributed by atoms with Gasteiger partial charge in [-0.05, 0) is 37.1 Å². The van der Waals surface area contributed by atoms with Crippen LogP contribution in [-0.2, 0) is 10.0 Å². The van der Waals surface area contributed by atoms with E-state index >= 15 is 0 Å². The predicted octanol–water partition coefficient (Wildman–Crippen LogP) is 1.25. The van der Waals surface area contributed by atoms with E-state index in [0.717, 1.165) is 25.7 Å². The maximum Gasteiger partial charge on any atom is 0.240 e. The van der Waals surface area contributed by atoms with Gasteiger partial charge in [-0.15, -0.1) is 0 Å². The number of hydrogen-bond acceptors (Lipinski definition) is 3. The Bertz CT molecular complexity index is 575. The molecule has 0 atom stereocenters. The van der Waals surface area contributed by atoms with Crippen molar-refractivity contribution in [3.05, 3.63) is 29.8 Å². The lowest BCUT2D eigenvalue weighted by Crippen LogP contribution is -2.32. The number of hydrogen-bond donors (Lipinski definition) is 2. The molecule has 1 aromatic rings. The summed E-state index contributed by atoms with van der Waals surface area (Å²) < 4.78 is 27.0. The summed E-state index contributed by atoms with van der Waals surface area (Å²) in [5.41, 5.74) is 0.689. The lowest BCUT2D eigenvalue weighted by Gasteiger charge is -2.12. The molecule has 5 heteroatoms. The van der Waals surface area contributed by atoms with Crippen LogP contribution in [0, 0.1) is 11.8 Å². The van der Waals surface area contributed by atoms with E-state index in [2.05, 4.69) is 16.6 Å². The molecule has 0 saturated heterocycles. The van der Waals surface area contributed by atoms with Gasteiger partial charge in [-0.25, -0.2) is 13.1 Å². The summed E-state index contributed by atoms with van der Waals surface area (Å²) >= 11 is 0. The Morgan fingerprint density at radius 3 is 2.42 bits per heavy atom. The van der Waals surface area contributed by atoms with Gasteiger partial charge >= 0.3 is 0 Å². The highest BCUT2D eigenvalue weighted by Gasteiger charge is 2.22. The van der Waals surface area contributed by atoms with Crippen LogP contribution in [0.15, 0.2) is 29.2 Å². The number of benzene rings is 1. The van der Waals surface area contributed by atoms with E-state index in [1.165, 1.54) is 0 Å². The van der Waals surface area contributed by atoms with E-state index in [-0.39, 0.29) is 17.5 Å². The average molecular weight is 279 g/mol. The van der Waals surface area contributed by atoms with Crippen molar-refractivity contribution >= 4 is 10.0 Å². The minimum Gasteiger partial charge on any atom is -0.384 e. The van der Waals surface area contributed by atoms with Crippen molar-refractivity contribution in [2.45, 2.75) is 36.6 Å². The molecule has 0 amide bonds. The monoisotopic (exact) mass is 279 g/mol. The first-order chi connectivity index (χ1) is 9.12. The molecule has 0 unspecified atom stereocenters. The van der Waals surface area contributed by atoms with Crippen molar-refractivity contribution in [2.24, 2.45) is 0 Å². The third-order valence-electron chi connectivity index (χ3n) is 3.15. The molecule has 0 aromatic heterocycles. The maximum atomic E-state index is 12.1. The lowest BCUT2D eigenvalue weighted by molar-refractivity contribution is 0.350. The Morgan fingerprint density at radius 2 is 1.84 bits per heavy atom. The molecule has 0 heterocycles. The molecule has 0 spiro atoms. The van der Waals surface area contributed by atoms with Crippen LogP contribution in [0.5, 0.6) is 0 Å². The lowest BCUT2D eigenvalue weighted by atomic mass is 10.2. The van der Waals surface area contributed by atoms with E-state index in [1.807, 2.05) is 0 Å². The summed E-state index contributed by atoms with van der Waals surface area (Å²) in [4.78, 5) is 0.258. The van der Waals surface area contributed by atoms with Gasteiger partial charge in [-0.2, -0.15) is 0 Å². The Labute approximate surface area is 113 Å². The summed E-state index contributed by atoms with van der Waals surface area (Å²) in [7, 11) is -3.43. The quantitative estimate of drug-likeness (QED) is 0.818. The van der Waals surface area contributed by atoms with Crippen molar-refractivity contribution in [1.29, 1.82) is 0 Å². The molecule has 2 rings (SSSR count). The van der Waals surface area contributed by atoms with Crippen LogP contribution in [-0.4, -0.2) is 26.2 Å². The summed E-state index contributed by atoms with van der Waals surface area (Å²) in [5, 5.41) is 8.59. The molecule has 0 radical (unpaired) electrons. The number of aliphatic hydroxyl groups excluding tert-OH is 1. The average Bonchev–Trinajstić information content (AvgIpc) is 2.89. The first-order valence-corrected chi connectivity index (χ1v) is 7.82. The largest absolute Gasteiger partial charge is 0.384 e. The number of nitrogens with one attached hydrogen (secondary N) is 1. The smallest absolute Gasteiger partial charge is 0.240 e. The Balaban J connectivity index is 2.11. The predicted molar refractivity (Wildman–Crippen MR) is 73.0 cm³/mol. The number of aliphatic hydroxyl groups is 1. The minimum atomic E-state index is -3.43. The first kappa shape index (κ1) is 14.1. The molecule has 1 aliphatic carbocycles. The second kappa shape index (κ2) is 6.20. The fourth-order valence-electron chi connectivity index (χ4n) is 2.19. The van der Waals surface area contributed by atoms with Crippen LogP contribution in [0.2, 0.25) is 0 Å². The Hall–Kier alpha value is -1.35. The Morgan fingerprint density at radius 1 is 1.21 bits per heavy atom. The van der Waals surface area contributed by atoms with Gasteiger partial charge in [0.25, 0.3) is 0 Å². The van der Waals surface area contributed by atoms with Crippen molar-refractivity contribution in [3.63, 3.8) is 0 Å². The highest BCUT2D eigenvalue weighted by molar-refractivity contribution is 7.89. The molecule has 1 aromatic carbocycles. The third kappa shape index (κ3) is 3.80. The summed E-state index contributed by atoms with van der Waals surface area (Å²) in [6.45, 7) is -0.205. The van der Waals surface area contributed by atoms with Gasteiger partial charge < -0.3 is 5.11 Å². The van der Waals surface area contributed by atoms with Crippen molar-refractivity contribution in [3.8, 4) is 11.8 Å².